The second kappa shape index (κ2) is 3.50. The first-order valence-electron chi connectivity index (χ1n) is 5.03. The van der Waals surface area contributed by atoms with Gasteiger partial charge in [0.25, 0.3) is 0 Å². The van der Waals surface area contributed by atoms with E-state index >= 15 is 0 Å². The minimum absolute atomic E-state index is 0.126. The topological polar surface area (TPSA) is 30.7 Å². The molecule has 1 aromatic carbocycles. The lowest BCUT2D eigenvalue weighted by atomic mass is 9.86. The van der Waals surface area contributed by atoms with Crippen LogP contribution >= 0.6 is 0 Å². The Morgan fingerprint density at radius 2 is 1.60 bits per heavy atom. The third-order valence-electron chi connectivity index (χ3n) is 2.41. The van der Waals surface area contributed by atoms with Gasteiger partial charge in [-0.2, -0.15) is 0 Å². The summed E-state index contributed by atoms with van der Waals surface area (Å²) < 4.78 is 1.95. The first-order valence-corrected chi connectivity index (χ1v) is 5.03. The molecule has 3 heteroatoms. The summed E-state index contributed by atoms with van der Waals surface area (Å²) >= 11 is 0. The fourth-order valence-corrected chi connectivity index (χ4v) is 1.66. The molecule has 0 atom stereocenters. The molecular weight excluding hydrogens is 186 g/mol. The van der Waals surface area contributed by atoms with Crippen molar-refractivity contribution in [2.24, 2.45) is 0 Å². The van der Waals surface area contributed by atoms with E-state index in [1.807, 2.05) is 10.6 Å². The zero-order valence-electron chi connectivity index (χ0n) is 9.31. The lowest BCUT2D eigenvalue weighted by Crippen LogP contribution is -2.14. The molecule has 0 aliphatic carbocycles. The molecule has 78 valence electrons. The first-order chi connectivity index (χ1) is 7.09. The normalized spacial score (nSPS) is 11.7. The highest BCUT2D eigenvalue weighted by molar-refractivity contribution is 5.44. The number of aromatic nitrogens is 3. The van der Waals surface area contributed by atoms with Crippen molar-refractivity contribution < 1.29 is 0 Å². The van der Waals surface area contributed by atoms with Crippen molar-refractivity contribution in [3.05, 3.63) is 42.5 Å². The Labute approximate surface area is 89.8 Å². The lowest BCUT2D eigenvalue weighted by molar-refractivity contribution is 0.586. The minimum Gasteiger partial charge on any atom is -0.288 e. The molecule has 15 heavy (non-hydrogen) atoms. The van der Waals surface area contributed by atoms with Crippen LogP contribution in [0, 0.1) is 0 Å². The highest BCUT2D eigenvalue weighted by Crippen LogP contribution is 2.27. The number of rotatable bonds is 1. The predicted molar refractivity (Wildman–Crippen MR) is 60.1 cm³/mol. The lowest BCUT2D eigenvalue weighted by Gasteiger charge is -2.22. The van der Waals surface area contributed by atoms with Gasteiger partial charge in [0.15, 0.2) is 0 Å². The maximum absolute atomic E-state index is 3.83. The van der Waals surface area contributed by atoms with Crippen LogP contribution in [0.1, 0.15) is 26.3 Å². The van der Waals surface area contributed by atoms with Crippen molar-refractivity contribution in [3.8, 4) is 5.69 Å². The van der Waals surface area contributed by atoms with Gasteiger partial charge in [-0.1, -0.05) is 39.0 Å². The van der Waals surface area contributed by atoms with E-state index in [0.717, 1.165) is 5.69 Å². The van der Waals surface area contributed by atoms with Crippen LogP contribution in [0.3, 0.4) is 0 Å². The molecule has 0 saturated carbocycles. The van der Waals surface area contributed by atoms with Gasteiger partial charge in [0.2, 0.25) is 0 Å². The molecule has 0 radical (unpaired) electrons. The van der Waals surface area contributed by atoms with E-state index < -0.39 is 0 Å². The van der Waals surface area contributed by atoms with Gasteiger partial charge in [-0.25, -0.2) is 0 Å². The van der Waals surface area contributed by atoms with Crippen LogP contribution in [0.5, 0.6) is 0 Å². The van der Waals surface area contributed by atoms with Gasteiger partial charge in [-0.05, 0) is 17.0 Å². The van der Waals surface area contributed by atoms with Crippen LogP contribution in [-0.4, -0.2) is 14.8 Å². The molecule has 2 rings (SSSR count). The quantitative estimate of drug-likeness (QED) is 0.710. The standard InChI is InChI=1S/C12H15N3/c1-12(2,3)10-6-4-5-7-11(10)15-8-13-14-9-15/h4-9H,1-3H3. The molecule has 0 unspecified atom stereocenters. The van der Waals surface area contributed by atoms with E-state index in [1.165, 1.54) is 5.56 Å². The summed E-state index contributed by atoms with van der Waals surface area (Å²) in [6.07, 6.45) is 3.45. The summed E-state index contributed by atoms with van der Waals surface area (Å²) in [5, 5.41) is 7.67. The second-order valence-electron chi connectivity index (χ2n) is 4.64. The van der Waals surface area contributed by atoms with E-state index in [1.54, 1.807) is 12.7 Å². The van der Waals surface area contributed by atoms with Crippen LogP contribution in [0.4, 0.5) is 0 Å². The Morgan fingerprint density at radius 3 is 2.20 bits per heavy atom. The van der Waals surface area contributed by atoms with Gasteiger partial charge in [-0.3, -0.25) is 4.57 Å². The van der Waals surface area contributed by atoms with Crippen LogP contribution in [0.2, 0.25) is 0 Å². The molecule has 0 aliphatic heterocycles. The monoisotopic (exact) mass is 201 g/mol. The summed E-state index contributed by atoms with van der Waals surface area (Å²) in [5.41, 5.74) is 2.57. The largest absolute Gasteiger partial charge is 0.288 e. The summed E-state index contributed by atoms with van der Waals surface area (Å²) in [4.78, 5) is 0. The van der Waals surface area contributed by atoms with Crippen molar-refractivity contribution >= 4 is 0 Å². The molecule has 0 spiro atoms. The van der Waals surface area contributed by atoms with E-state index in [-0.39, 0.29) is 5.41 Å². The SMILES string of the molecule is CC(C)(C)c1ccccc1-n1cnnc1. The van der Waals surface area contributed by atoms with Crippen molar-refractivity contribution in [2.75, 3.05) is 0 Å². The summed E-state index contributed by atoms with van der Waals surface area (Å²) in [7, 11) is 0. The minimum atomic E-state index is 0.126. The van der Waals surface area contributed by atoms with Gasteiger partial charge < -0.3 is 0 Å². The van der Waals surface area contributed by atoms with Gasteiger partial charge in [0.05, 0.1) is 5.69 Å². The summed E-state index contributed by atoms with van der Waals surface area (Å²) in [6, 6.07) is 8.33. The average Bonchev–Trinajstić information content (AvgIpc) is 2.69. The average molecular weight is 201 g/mol. The summed E-state index contributed by atoms with van der Waals surface area (Å²) in [5.74, 6) is 0. The van der Waals surface area contributed by atoms with Crippen LogP contribution < -0.4 is 0 Å². The molecule has 2 aromatic rings. The fourth-order valence-electron chi connectivity index (χ4n) is 1.66. The highest BCUT2D eigenvalue weighted by atomic mass is 15.2. The Balaban J connectivity index is 2.58. The molecule has 0 aliphatic rings. The van der Waals surface area contributed by atoms with Gasteiger partial charge in [0.1, 0.15) is 12.7 Å². The van der Waals surface area contributed by atoms with Crippen LogP contribution in [-0.2, 0) is 5.41 Å². The maximum Gasteiger partial charge on any atom is 0.123 e. The van der Waals surface area contributed by atoms with Crippen molar-refractivity contribution in [1.29, 1.82) is 0 Å². The number of nitrogens with zero attached hydrogens (tertiary/aromatic N) is 3. The molecular formula is C12H15N3. The number of hydrogen-bond acceptors (Lipinski definition) is 2. The van der Waals surface area contributed by atoms with E-state index in [9.17, 15) is 0 Å². The Hall–Kier alpha value is -1.64. The number of benzene rings is 1. The van der Waals surface area contributed by atoms with Crippen LogP contribution in [0.25, 0.3) is 5.69 Å². The number of hydrogen-bond donors (Lipinski definition) is 0. The highest BCUT2D eigenvalue weighted by Gasteiger charge is 2.17. The third-order valence-corrected chi connectivity index (χ3v) is 2.41. The van der Waals surface area contributed by atoms with Crippen LogP contribution in [0.15, 0.2) is 36.9 Å². The molecule has 1 aromatic heterocycles. The molecule has 0 N–H and O–H groups in total. The molecule has 0 amide bonds. The summed E-state index contributed by atoms with van der Waals surface area (Å²) in [6.45, 7) is 6.61. The van der Waals surface area contributed by atoms with E-state index in [0.29, 0.717) is 0 Å². The van der Waals surface area contributed by atoms with E-state index in [2.05, 4.69) is 49.2 Å². The van der Waals surface area contributed by atoms with Crippen molar-refractivity contribution in [2.45, 2.75) is 26.2 Å². The van der Waals surface area contributed by atoms with Gasteiger partial charge in [0, 0.05) is 0 Å². The van der Waals surface area contributed by atoms with E-state index in [4.69, 9.17) is 0 Å². The molecule has 1 heterocycles. The van der Waals surface area contributed by atoms with Crippen molar-refractivity contribution in [3.63, 3.8) is 0 Å². The fraction of sp³-hybridized carbons (Fsp3) is 0.333. The Bertz CT molecular complexity index is 438. The Morgan fingerprint density at radius 1 is 1.00 bits per heavy atom. The second-order valence-corrected chi connectivity index (χ2v) is 4.64. The third kappa shape index (κ3) is 1.91. The Kier molecular flexibility index (Phi) is 2.31. The first kappa shape index (κ1) is 9.90. The van der Waals surface area contributed by atoms with Gasteiger partial charge in [-0.15, -0.1) is 10.2 Å². The predicted octanol–water partition coefficient (Wildman–Crippen LogP) is 2.56. The van der Waals surface area contributed by atoms with Crippen molar-refractivity contribution in [1.82, 2.24) is 14.8 Å². The van der Waals surface area contributed by atoms with Gasteiger partial charge >= 0.3 is 0 Å². The molecule has 3 nitrogen and oxygen atoms in total. The number of para-hydroxylation sites is 1. The smallest absolute Gasteiger partial charge is 0.123 e. The maximum atomic E-state index is 3.83. The molecule has 0 saturated heterocycles. The zero-order chi connectivity index (χ0) is 10.9. The molecule has 0 bridgehead atoms. The molecule has 0 fully saturated rings. The zero-order valence-corrected chi connectivity index (χ0v) is 9.31.